The molecule has 0 aliphatic carbocycles. The summed E-state index contributed by atoms with van der Waals surface area (Å²) in [6.07, 6.45) is 1.71. The Labute approximate surface area is 98.8 Å². The van der Waals surface area contributed by atoms with E-state index in [1.807, 2.05) is 20.8 Å². The van der Waals surface area contributed by atoms with Crippen molar-refractivity contribution < 1.29 is 13.9 Å². The smallest absolute Gasteiger partial charge is 0.282 e. The summed E-state index contributed by atoms with van der Waals surface area (Å²) < 4.78 is 27.1. The number of nitrogens with zero attached hydrogens (tertiary/aromatic N) is 3. The van der Waals surface area contributed by atoms with E-state index in [4.69, 9.17) is 5.11 Å². The minimum absolute atomic E-state index is 0.180. The molecule has 0 bridgehead atoms. The maximum absolute atomic E-state index is 12.7. The highest BCUT2D eigenvalue weighted by Crippen LogP contribution is 2.12. The number of aliphatic hydroxyl groups is 1. The highest BCUT2D eigenvalue weighted by Gasteiger charge is 2.27. The van der Waals surface area contributed by atoms with Crippen molar-refractivity contribution in [1.82, 2.24) is 20.3 Å². The van der Waals surface area contributed by atoms with E-state index in [1.54, 1.807) is 10.9 Å². The molecule has 7 heteroatoms. The van der Waals surface area contributed by atoms with Crippen LogP contribution in [0.5, 0.6) is 0 Å². The molecule has 17 heavy (non-hydrogen) atoms. The van der Waals surface area contributed by atoms with Gasteiger partial charge < -0.3 is 10.4 Å². The Morgan fingerprint density at radius 2 is 2.06 bits per heavy atom. The summed E-state index contributed by atoms with van der Waals surface area (Å²) in [6, 6.07) is 0. The van der Waals surface area contributed by atoms with E-state index in [0.29, 0.717) is 5.69 Å². The van der Waals surface area contributed by atoms with Gasteiger partial charge in [-0.15, -0.1) is 5.10 Å². The SMILES string of the molecule is CC(C)(C)n1cc(CNCC(F)(F)CO)nn1. The largest absolute Gasteiger partial charge is 0.390 e. The zero-order valence-electron chi connectivity index (χ0n) is 10.2. The number of aliphatic hydroxyl groups excluding tert-OH is 1. The maximum Gasteiger partial charge on any atom is 0.282 e. The van der Waals surface area contributed by atoms with Gasteiger partial charge in [0.2, 0.25) is 0 Å². The number of hydrogen-bond donors (Lipinski definition) is 2. The van der Waals surface area contributed by atoms with Gasteiger partial charge >= 0.3 is 0 Å². The Morgan fingerprint density at radius 1 is 1.41 bits per heavy atom. The molecule has 0 aromatic carbocycles. The van der Waals surface area contributed by atoms with Crippen LogP contribution >= 0.6 is 0 Å². The molecule has 1 heterocycles. The molecule has 0 unspecified atom stereocenters. The van der Waals surface area contributed by atoms with Crippen LogP contribution in [0.1, 0.15) is 26.5 Å². The fraction of sp³-hybridized carbons (Fsp3) is 0.800. The van der Waals surface area contributed by atoms with Gasteiger partial charge in [-0.2, -0.15) is 0 Å². The van der Waals surface area contributed by atoms with Crippen LogP contribution in [0.4, 0.5) is 8.78 Å². The highest BCUT2D eigenvalue weighted by atomic mass is 19.3. The molecule has 0 spiro atoms. The lowest BCUT2D eigenvalue weighted by Gasteiger charge is -2.17. The van der Waals surface area contributed by atoms with Gasteiger partial charge in [-0.05, 0) is 20.8 Å². The topological polar surface area (TPSA) is 63.0 Å². The predicted octanol–water partition coefficient (Wildman–Crippen LogP) is 0.750. The fourth-order valence-corrected chi connectivity index (χ4v) is 1.14. The number of hydrogen-bond acceptors (Lipinski definition) is 4. The van der Waals surface area contributed by atoms with E-state index in [-0.39, 0.29) is 12.1 Å². The molecule has 0 amide bonds. The van der Waals surface area contributed by atoms with Crippen molar-refractivity contribution in [2.45, 2.75) is 38.8 Å². The number of nitrogens with one attached hydrogen (secondary N) is 1. The highest BCUT2D eigenvalue weighted by molar-refractivity contribution is 4.94. The summed E-state index contributed by atoms with van der Waals surface area (Å²) in [7, 11) is 0. The van der Waals surface area contributed by atoms with Gasteiger partial charge in [0.1, 0.15) is 6.61 Å². The van der Waals surface area contributed by atoms with Crippen molar-refractivity contribution in [3.05, 3.63) is 11.9 Å². The second-order valence-corrected chi connectivity index (χ2v) is 4.94. The Kier molecular flexibility index (Phi) is 4.16. The third-order valence-electron chi connectivity index (χ3n) is 2.15. The van der Waals surface area contributed by atoms with E-state index < -0.39 is 19.1 Å². The third-order valence-corrected chi connectivity index (χ3v) is 2.15. The normalized spacial score (nSPS) is 13.1. The van der Waals surface area contributed by atoms with Crippen molar-refractivity contribution in [3.8, 4) is 0 Å². The molecule has 0 radical (unpaired) electrons. The first-order valence-electron chi connectivity index (χ1n) is 5.36. The zero-order chi connectivity index (χ0) is 13.1. The van der Waals surface area contributed by atoms with Crippen LogP contribution in [-0.4, -0.2) is 39.2 Å². The second-order valence-electron chi connectivity index (χ2n) is 4.94. The molecular weight excluding hydrogens is 230 g/mol. The van der Waals surface area contributed by atoms with Crippen LogP contribution in [0.25, 0.3) is 0 Å². The van der Waals surface area contributed by atoms with E-state index in [2.05, 4.69) is 15.6 Å². The van der Waals surface area contributed by atoms with Gasteiger partial charge in [-0.3, -0.25) is 0 Å². The van der Waals surface area contributed by atoms with Crippen molar-refractivity contribution in [3.63, 3.8) is 0 Å². The molecule has 1 aromatic heterocycles. The zero-order valence-corrected chi connectivity index (χ0v) is 10.2. The Morgan fingerprint density at radius 3 is 2.53 bits per heavy atom. The third kappa shape index (κ3) is 4.35. The molecule has 5 nitrogen and oxygen atoms in total. The lowest BCUT2D eigenvalue weighted by atomic mass is 10.1. The van der Waals surface area contributed by atoms with Crippen LogP contribution in [0, 0.1) is 0 Å². The Bertz CT molecular complexity index is 359. The van der Waals surface area contributed by atoms with Crippen molar-refractivity contribution in [1.29, 1.82) is 0 Å². The van der Waals surface area contributed by atoms with E-state index in [9.17, 15) is 8.78 Å². The first-order valence-corrected chi connectivity index (χ1v) is 5.36. The molecule has 1 rings (SSSR count). The number of alkyl halides is 2. The minimum atomic E-state index is -3.10. The van der Waals surface area contributed by atoms with E-state index >= 15 is 0 Å². The molecule has 0 aliphatic rings. The monoisotopic (exact) mass is 248 g/mol. The second kappa shape index (κ2) is 5.05. The fourth-order valence-electron chi connectivity index (χ4n) is 1.14. The van der Waals surface area contributed by atoms with E-state index in [0.717, 1.165) is 0 Å². The molecule has 0 saturated carbocycles. The first-order chi connectivity index (χ1) is 7.74. The molecule has 0 atom stereocenters. The van der Waals surface area contributed by atoms with Gasteiger partial charge in [0.25, 0.3) is 5.92 Å². The molecular formula is C10H18F2N4O. The average Bonchev–Trinajstić information content (AvgIpc) is 2.66. The summed E-state index contributed by atoms with van der Waals surface area (Å²) in [4.78, 5) is 0. The lowest BCUT2D eigenvalue weighted by Crippen LogP contribution is -2.35. The lowest BCUT2D eigenvalue weighted by molar-refractivity contribution is -0.0478. The molecule has 98 valence electrons. The van der Waals surface area contributed by atoms with Crippen LogP contribution in [0.2, 0.25) is 0 Å². The van der Waals surface area contributed by atoms with Gasteiger partial charge in [-0.1, -0.05) is 5.21 Å². The van der Waals surface area contributed by atoms with Crippen LogP contribution in [-0.2, 0) is 12.1 Å². The molecule has 1 aromatic rings. The first kappa shape index (κ1) is 14.0. The maximum atomic E-state index is 12.7. The van der Waals surface area contributed by atoms with Crippen LogP contribution in [0.15, 0.2) is 6.20 Å². The van der Waals surface area contributed by atoms with Gasteiger partial charge in [0, 0.05) is 6.54 Å². The van der Waals surface area contributed by atoms with Crippen LogP contribution in [0.3, 0.4) is 0 Å². The standard InChI is InChI=1S/C10H18F2N4O/c1-9(2,3)16-5-8(14-15-16)4-13-6-10(11,12)7-17/h5,13,17H,4,6-7H2,1-3H3. The minimum Gasteiger partial charge on any atom is -0.390 e. The van der Waals surface area contributed by atoms with Gasteiger partial charge in [0.15, 0.2) is 0 Å². The number of rotatable bonds is 5. The van der Waals surface area contributed by atoms with Crippen LogP contribution < -0.4 is 5.32 Å². The summed E-state index contributed by atoms with van der Waals surface area (Å²) in [6.45, 7) is 4.38. The summed E-state index contributed by atoms with van der Waals surface area (Å²) in [5, 5.41) is 18.7. The van der Waals surface area contributed by atoms with Gasteiger partial charge in [0.05, 0.1) is 24.0 Å². The molecule has 0 aliphatic heterocycles. The van der Waals surface area contributed by atoms with Crippen molar-refractivity contribution in [2.75, 3.05) is 13.2 Å². The predicted molar refractivity (Wildman–Crippen MR) is 58.8 cm³/mol. The van der Waals surface area contributed by atoms with Gasteiger partial charge in [-0.25, -0.2) is 13.5 Å². The molecule has 0 saturated heterocycles. The van der Waals surface area contributed by atoms with E-state index in [1.165, 1.54) is 0 Å². The Hall–Kier alpha value is -1.08. The molecule has 0 fully saturated rings. The summed E-state index contributed by atoms with van der Waals surface area (Å²) >= 11 is 0. The number of halogens is 2. The quantitative estimate of drug-likeness (QED) is 0.807. The average molecular weight is 248 g/mol. The summed E-state index contributed by atoms with van der Waals surface area (Å²) in [5.41, 5.74) is 0.411. The summed E-state index contributed by atoms with van der Waals surface area (Å²) in [5.74, 6) is -3.10. The number of aromatic nitrogens is 3. The Balaban J connectivity index is 2.46. The van der Waals surface area contributed by atoms with Crippen molar-refractivity contribution >= 4 is 0 Å². The molecule has 2 N–H and O–H groups in total. The van der Waals surface area contributed by atoms with Crippen molar-refractivity contribution in [2.24, 2.45) is 0 Å².